The van der Waals surface area contributed by atoms with Crippen LogP contribution in [0.15, 0.2) is 24.3 Å². The molecule has 1 aromatic carbocycles. The Morgan fingerprint density at radius 1 is 1.22 bits per heavy atom. The predicted octanol–water partition coefficient (Wildman–Crippen LogP) is 2.26. The van der Waals surface area contributed by atoms with Gasteiger partial charge in [0.25, 0.3) is 0 Å². The van der Waals surface area contributed by atoms with Crippen molar-refractivity contribution in [3.8, 4) is 0 Å². The molecule has 0 aliphatic carbocycles. The molecule has 3 nitrogen and oxygen atoms in total. The summed E-state index contributed by atoms with van der Waals surface area (Å²) in [7, 11) is 0. The molecule has 1 saturated heterocycles. The van der Waals surface area contributed by atoms with Gasteiger partial charge in [-0.3, -0.25) is 4.79 Å². The first-order chi connectivity index (χ1) is 8.58. The summed E-state index contributed by atoms with van der Waals surface area (Å²) in [5.41, 5.74) is 1.01. The van der Waals surface area contributed by atoms with Crippen molar-refractivity contribution in [3.05, 3.63) is 30.1 Å². The number of hydrogen-bond acceptors (Lipinski definition) is 2. The number of rotatable bonds is 2. The van der Waals surface area contributed by atoms with Crippen molar-refractivity contribution in [2.75, 3.05) is 31.1 Å². The molecule has 1 amide bonds. The van der Waals surface area contributed by atoms with E-state index in [4.69, 9.17) is 0 Å². The number of nitrogens with zero attached hydrogens (tertiary/aromatic N) is 2. The lowest BCUT2D eigenvalue weighted by Crippen LogP contribution is -2.50. The quantitative estimate of drug-likeness (QED) is 0.782. The lowest BCUT2D eigenvalue weighted by molar-refractivity contribution is -0.130. The van der Waals surface area contributed by atoms with Gasteiger partial charge in [-0.25, -0.2) is 4.39 Å². The Labute approximate surface area is 115 Å². The number of carbonyl (C=O) groups is 1. The molecule has 0 N–H and O–H groups in total. The second kappa shape index (κ2) is 5.69. The van der Waals surface area contributed by atoms with Crippen LogP contribution in [0.2, 0.25) is 0 Å². The van der Waals surface area contributed by atoms with E-state index in [2.05, 4.69) is 20.8 Å². The van der Waals surface area contributed by atoms with E-state index >= 15 is 0 Å². The van der Waals surface area contributed by atoms with Gasteiger partial charge in [0.15, 0.2) is 0 Å². The zero-order valence-corrected chi connectivity index (χ0v) is 11.9. The van der Waals surface area contributed by atoms with Crippen LogP contribution in [0, 0.1) is 5.82 Å². The fourth-order valence-electron chi connectivity index (χ4n) is 2.09. The molecule has 1 fully saturated rings. The van der Waals surface area contributed by atoms with Gasteiger partial charge in [0.05, 0.1) is 4.83 Å². The van der Waals surface area contributed by atoms with E-state index < -0.39 is 0 Å². The molecule has 0 aromatic heterocycles. The minimum atomic E-state index is -0.222. The summed E-state index contributed by atoms with van der Waals surface area (Å²) in [5.74, 6) is -0.0885. The maximum atomic E-state index is 12.8. The van der Waals surface area contributed by atoms with Gasteiger partial charge in [-0.2, -0.15) is 0 Å². The van der Waals surface area contributed by atoms with Crippen molar-refractivity contribution in [2.24, 2.45) is 0 Å². The summed E-state index contributed by atoms with van der Waals surface area (Å²) in [6.07, 6.45) is 0. The molecule has 1 heterocycles. The summed E-state index contributed by atoms with van der Waals surface area (Å²) >= 11 is 3.30. The Hall–Kier alpha value is -1.10. The Kier molecular flexibility index (Phi) is 4.22. The van der Waals surface area contributed by atoms with Gasteiger partial charge < -0.3 is 9.80 Å². The van der Waals surface area contributed by atoms with E-state index in [1.54, 1.807) is 12.1 Å². The molecule has 1 aliphatic heterocycles. The van der Waals surface area contributed by atoms with Crippen molar-refractivity contribution in [1.82, 2.24) is 4.90 Å². The second-order valence-corrected chi connectivity index (χ2v) is 5.78. The Morgan fingerprint density at radius 3 is 2.28 bits per heavy atom. The number of halogens is 2. The first-order valence-corrected chi connectivity index (χ1v) is 6.93. The van der Waals surface area contributed by atoms with Crippen molar-refractivity contribution < 1.29 is 9.18 Å². The van der Waals surface area contributed by atoms with Gasteiger partial charge in [0, 0.05) is 31.9 Å². The maximum Gasteiger partial charge on any atom is 0.236 e. The van der Waals surface area contributed by atoms with Crippen LogP contribution in [0.25, 0.3) is 0 Å². The topological polar surface area (TPSA) is 23.6 Å². The Bertz CT molecular complexity index is 414. The lowest BCUT2D eigenvalue weighted by Gasteiger charge is -2.36. The molecule has 0 radical (unpaired) electrons. The first-order valence-electron chi connectivity index (χ1n) is 6.01. The normalized spacial score (nSPS) is 17.7. The molecule has 5 heteroatoms. The van der Waals surface area contributed by atoms with Crippen molar-refractivity contribution in [1.29, 1.82) is 0 Å². The van der Waals surface area contributed by atoms with Crippen LogP contribution in [-0.4, -0.2) is 41.8 Å². The Morgan fingerprint density at radius 2 is 1.78 bits per heavy atom. The zero-order valence-electron chi connectivity index (χ0n) is 10.3. The molecular formula is C13H16BrFN2O. The van der Waals surface area contributed by atoms with Crippen molar-refractivity contribution >= 4 is 27.5 Å². The monoisotopic (exact) mass is 314 g/mol. The predicted molar refractivity (Wildman–Crippen MR) is 73.6 cm³/mol. The molecular weight excluding hydrogens is 299 g/mol. The van der Waals surface area contributed by atoms with E-state index in [1.807, 2.05) is 11.8 Å². The van der Waals surface area contributed by atoms with Crippen LogP contribution in [0.1, 0.15) is 6.92 Å². The minimum absolute atomic E-state index is 0.130. The molecule has 2 rings (SSSR count). The van der Waals surface area contributed by atoms with Crippen LogP contribution in [-0.2, 0) is 4.79 Å². The molecule has 18 heavy (non-hydrogen) atoms. The third-order valence-electron chi connectivity index (χ3n) is 3.12. The zero-order chi connectivity index (χ0) is 13.1. The minimum Gasteiger partial charge on any atom is -0.368 e. The lowest BCUT2D eigenvalue weighted by atomic mass is 10.2. The number of anilines is 1. The van der Waals surface area contributed by atoms with Crippen LogP contribution in [0.3, 0.4) is 0 Å². The van der Waals surface area contributed by atoms with E-state index in [9.17, 15) is 9.18 Å². The largest absolute Gasteiger partial charge is 0.368 e. The molecule has 0 saturated carbocycles. The number of carbonyl (C=O) groups excluding carboxylic acids is 1. The van der Waals surface area contributed by atoms with Gasteiger partial charge in [0.1, 0.15) is 5.82 Å². The van der Waals surface area contributed by atoms with E-state index in [0.29, 0.717) is 13.1 Å². The van der Waals surface area contributed by atoms with Crippen molar-refractivity contribution in [2.45, 2.75) is 11.8 Å². The summed E-state index contributed by atoms with van der Waals surface area (Å²) in [5, 5.41) is 0. The van der Waals surface area contributed by atoms with Crippen LogP contribution in [0.4, 0.5) is 10.1 Å². The van der Waals surface area contributed by atoms with E-state index in [-0.39, 0.29) is 16.6 Å². The van der Waals surface area contributed by atoms with Gasteiger partial charge in [-0.1, -0.05) is 15.9 Å². The molecule has 1 aliphatic rings. The average Bonchev–Trinajstić information content (AvgIpc) is 2.39. The molecule has 1 unspecified atom stereocenters. The second-order valence-electron chi connectivity index (χ2n) is 4.40. The fourth-order valence-corrected chi connectivity index (χ4v) is 2.38. The summed E-state index contributed by atoms with van der Waals surface area (Å²) in [4.78, 5) is 15.7. The van der Waals surface area contributed by atoms with Gasteiger partial charge in [-0.15, -0.1) is 0 Å². The summed E-state index contributed by atoms with van der Waals surface area (Å²) in [6.45, 7) is 4.85. The number of amides is 1. The third-order valence-corrected chi connectivity index (χ3v) is 3.52. The third kappa shape index (κ3) is 3.02. The fraction of sp³-hybridized carbons (Fsp3) is 0.462. The highest BCUT2D eigenvalue weighted by Crippen LogP contribution is 2.17. The smallest absolute Gasteiger partial charge is 0.236 e. The number of piperazine rings is 1. The highest BCUT2D eigenvalue weighted by Gasteiger charge is 2.23. The number of hydrogen-bond donors (Lipinski definition) is 0. The summed E-state index contributed by atoms with van der Waals surface area (Å²) < 4.78 is 12.8. The molecule has 98 valence electrons. The van der Waals surface area contributed by atoms with Crippen LogP contribution < -0.4 is 4.90 Å². The van der Waals surface area contributed by atoms with Gasteiger partial charge >= 0.3 is 0 Å². The van der Waals surface area contributed by atoms with Gasteiger partial charge in [0.2, 0.25) is 5.91 Å². The first kappa shape index (κ1) is 13.3. The van der Waals surface area contributed by atoms with Crippen molar-refractivity contribution in [3.63, 3.8) is 0 Å². The summed E-state index contributed by atoms with van der Waals surface area (Å²) in [6, 6.07) is 6.49. The van der Waals surface area contributed by atoms with Crippen LogP contribution >= 0.6 is 15.9 Å². The van der Waals surface area contributed by atoms with Crippen LogP contribution in [0.5, 0.6) is 0 Å². The highest BCUT2D eigenvalue weighted by molar-refractivity contribution is 9.10. The molecule has 0 bridgehead atoms. The van der Waals surface area contributed by atoms with E-state index in [1.165, 1.54) is 12.1 Å². The average molecular weight is 315 g/mol. The molecule has 1 atom stereocenters. The highest BCUT2D eigenvalue weighted by atomic mass is 79.9. The number of alkyl halides is 1. The standard InChI is InChI=1S/C13H16BrFN2O/c1-10(14)13(18)17-8-6-16(7-9-17)12-4-2-11(15)3-5-12/h2-5,10H,6-9H2,1H3. The SMILES string of the molecule is CC(Br)C(=O)N1CCN(c2ccc(F)cc2)CC1. The number of benzene rings is 1. The maximum absolute atomic E-state index is 12.8. The molecule has 1 aromatic rings. The molecule has 0 spiro atoms. The Balaban J connectivity index is 1.94. The van der Waals surface area contributed by atoms with Gasteiger partial charge in [-0.05, 0) is 31.2 Å². The van der Waals surface area contributed by atoms with E-state index in [0.717, 1.165) is 18.8 Å².